The lowest BCUT2D eigenvalue weighted by molar-refractivity contribution is -0.425. The number of rotatable bonds is 54. The zero-order valence-electron chi connectivity index (χ0n) is 69.3. The number of allylic oxidation sites excluding steroid dienone is 7. The maximum absolute atomic E-state index is 14.4. The van der Waals surface area contributed by atoms with Crippen molar-refractivity contribution in [3.05, 3.63) is 166 Å². The van der Waals surface area contributed by atoms with Crippen molar-refractivity contribution in [3.63, 3.8) is 0 Å². The number of aliphatic hydroxyl groups is 2. The summed E-state index contributed by atoms with van der Waals surface area (Å²) in [7, 11) is -7.75. The van der Waals surface area contributed by atoms with Crippen LogP contribution < -0.4 is 36.2 Å². The number of carboxylic acids is 3. The normalized spacial score (nSPS) is 15.1. The molecule has 4 aromatic rings. The average Bonchev–Trinajstić information content (AvgIpc) is 1.57. The molecule has 0 bridgehead atoms. The Balaban J connectivity index is 0.00000364. The number of ketones is 2. The van der Waals surface area contributed by atoms with E-state index >= 15 is 0 Å². The number of urea groups is 1. The van der Waals surface area contributed by atoms with E-state index in [9.17, 15) is 66.3 Å². The molecular weight excluding hydrogens is 1630 g/mol. The Hall–Kier alpha value is -10.8. The Morgan fingerprint density at radius 1 is 0.598 bits per heavy atom. The maximum Gasteiger partial charge on any atom is 0.425 e. The van der Waals surface area contributed by atoms with Gasteiger partial charge < -0.3 is 80.7 Å². The van der Waals surface area contributed by atoms with Crippen molar-refractivity contribution < 1.29 is 132 Å². The molecule has 0 radical (unpaired) electrons. The van der Waals surface area contributed by atoms with E-state index in [2.05, 4.69) is 40.4 Å². The van der Waals surface area contributed by atoms with E-state index in [1.807, 2.05) is 97.3 Å². The quantitative estimate of drug-likeness (QED) is 0.00885. The second kappa shape index (κ2) is 53.9. The van der Waals surface area contributed by atoms with Gasteiger partial charge in [0, 0.05) is 99.5 Å². The lowest BCUT2D eigenvalue weighted by atomic mass is 9.81. The second-order valence-electron chi connectivity index (χ2n) is 30.0. The van der Waals surface area contributed by atoms with Crippen molar-refractivity contribution in [3.8, 4) is 5.75 Å². The minimum absolute atomic E-state index is 0.0129. The lowest BCUT2D eigenvalue weighted by Gasteiger charge is -2.27. The molecule has 0 saturated heterocycles. The Morgan fingerprint density at radius 2 is 1.24 bits per heavy atom. The Morgan fingerprint density at radius 3 is 1.90 bits per heavy atom. The zero-order chi connectivity index (χ0) is 89.6. The molecule has 2 aliphatic heterocycles. The van der Waals surface area contributed by atoms with E-state index in [0.29, 0.717) is 118 Å². The second-order valence-corrected chi connectivity index (χ2v) is 31.8. The van der Waals surface area contributed by atoms with Crippen LogP contribution in [0.5, 0.6) is 5.75 Å². The van der Waals surface area contributed by atoms with Crippen molar-refractivity contribution in [2.24, 2.45) is 5.92 Å². The van der Waals surface area contributed by atoms with Crippen molar-refractivity contribution >= 4 is 97.2 Å². The molecule has 3 atom stereocenters. The number of hydrogen-bond acceptors (Lipinski definition) is 24. The third kappa shape index (κ3) is 35.7. The third-order valence-corrected chi connectivity index (χ3v) is 21.1. The van der Waals surface area contributed by atoms with Gasteiger partial charge in [0.1, 0.15) is 36.6 Å². The van der Waals surface area contributed by atoms with Crippen LogP contribution in [0.4, 0.5) is 16.2 Å². The third-order valence-electron chi connectivity index (χ3n) is 20.2. The number of carboxylic acid groups (broad SMARTS) is 3. The van der Waals surface area contributed by atoms with Gasteiger partial charge in [0.05, 0.1) is 61.9 Å². The van der Waals surface area contributed by atoms with Gasteiger partial charge in [-0.25, -0.2) is 9.59 Å². The molecule has 3 aliphatic rings. The number of nitrogens with zero attached hydrogens (tertiary/aromatic N) is 2. The summed E-state index contributed by atoms with van der Waals surface area (Å²) in [6, 6.07) is 25.1. The first kappa shape index (κ1) is 102. The summed E-state index contributed by atoms with van der Waals surface area (Å²) in [4.78, 5) is 134. The van der Waals surface area contributed by atoms with Crippen molar-refractivity contribution in [1.82, 2.24) is 26.6 Å². The summed E-state index contributed by atoms with van der Waals surface area (Å²) in [5.41, 5.74) is 5.75. The fourth-order valence-electron chi connectivity index (χ4n) is 14.0. The number of Topliss-reactive ketones (excluding diaryl/α,β-unsaturated/α-hetero) is 2. The SMILES string of the molecule is CC1(C)C(=CC=C2CCCC(C=CC3=[N+](CC(=O)NCCOCCOCCO)c4ccccc4C3(C)C)=C2Oc2ccc(C[C@H](CC(=O)[C@H](Cc3ccccc3)NC(=O)CCCCCCCCC(=O)CC[C@H](NC(=O)NCCCC(=O)O)C(=O)O)C(=O)O)cc2)N(CC(=O)NCOCCCOCCCO)c2ccc(S(=O)(=O)O)cc21.O=C=O.O=S(=O)=O. The molecule has 5 amide bonds. The van der Waals surface area contributed by atoms with Crippen molar-refractivity contribution in [2.75, 3.05) is 97.3 Å². The predicted octanol–water partition coefficient (Wildman–Crippen LogP) is 7.44. The number of amides is 5. The van der Waals surface area contributed by atoms with Crippen LogP contribution in [0.25, 0.3) is 0 Å². The summed E-state index contributed by atoms with van der Waals surface area (Å²) >= 11 is 0. The molecule has 0 unspecified atom stereocenters. The van der Waals surface area contributed by atoms with Gasteiger partial charge in [-0.15, -0.1) is 12.6 Å². The van der Waals surface area contributed by atoms with E-state index in [4.69, 9.17) is 61.2 Å². The molecule has 11 N–H and O–H groups in total. The van der Waals surface area contributed by atoms with E-state index in [-0.39, 0.29) is 139 Å². The van der Waals surface area contributed by atoms with E-state index < -0.39 is 91.6 Å². The molecule has 0 fully saturated rings. The van der Waals surface area contributed by atoms with Crippen LogP contribution in [0.2, 0.25) is 0 Å². The predicted molar refractivity (Wildman–Crippen MR) is 444 cm³/mol. The fourth-order valence-corrected chi connectivity index (χ4v) is 14.5. The number of aliphatic hydroxyl groups excluding tert-OH is 2. The number of anilines is 1. The number of carbonyl (C=O) groups excluding carboxylic acids is 8. The molecule has 0 aromatic heterocycles. The number of para-hydroxylation sites is 1. The lowest BCUT2D eigenvalue weighted by Crippen LogP contribution is -2.46. The van der Waals surface area contributed by atoms with Gasteiger partial charge in [0.15, 0.2) is 11.5 Å². The molecule has 7 rings (SSSR count). The largest absolute Gasteiger partial charge is 0.481 e. The number of aliphatic carboxylic acids is 3. The number of ether oxygens (including phenoxy) is 5. The summed E-state index contributed by atoms with van der Waals surface area (Å²) in [6.07, 6.45) is 14.8. The molecule has 34 nitrogen and oxygen atoms in total. The Labute approximate surface area is 711 Å². The minimum atomic E-state index is -4.64. The van der Waals surface area contributed by atoms with Gasteiger partial charge in [0.25, 0.3) is 16.0 Å². The first-order chi connectivity index (χ1) is 58.2. The van der Waals surface area contributed by atoms with Crippen LogP contribution >= 0.6 is 0 Å². The molecule has 122 heavy (non-hydrogen) atoms. The summed E-state index contributed by atoms with van der Waals surface area (Å²) in [5.74, 6) is -5.43. The number of nitrogens with one attached hydrogen (secondary N) is 5. The van der Waals surface area contributed by atoms with Crippen LogP contribution in [0, 0.1) is 5.92 Å². The first-order valence-electron chi connectivity index (χ1n) is 40.4. The fraction of sp³-hybridized carbons (Fsp3) is 0.500. The smallest absolute Gasteiger partial charge is 0.425 e. The Bertz CT molecular complexity index is 4590. The standard InChI is InChI=1S/C85H113N7O22S.CO2.O3S/c1-84(2)67-25-14-15-26-71(67)91(56-77(98)86-42-48-111-50-51-112-49-44-94)74(84)39-31-61-22-16-23-62(32-40-75-85(3,4)68-55-66(115(107,108)109)36-38-72(68)92(75)57-78(99)88-58-113-47-19-46-110-45-18-43-93)80(61)114-65-34-29-60(30-35-65)52-63(81(102)103)54-73(96)70(53-59-20-10-9-11-21-59)89-76(97)27-13-8-6-5-7-12-24-64(95)33-37-69(82(104)105)90-83(106)87-41-17-28-79(100)101;2-1-3;1-4(2)3/h9-11,14-15,20-21,25-26,29-32,34-36,38-40,55,63,69-70,93-94H,5-8,12-13,16-19,22-24,27-28,33,37,41-54,56-58H2,1-4H3,(H8-,86,87,88,89,90,97,98,99,100,101,102,103,104,105,106,107,108,109);;/p+1/t63-,69+,70+;;/m1../s1. The molecule has 2 heterocycles. The van der Waals surface area contributed by atoms with Gasteiger partial charge in [-0.3, -0.25) is 38.1 Å². The molecule has 1 aliphatic carbocycles. The topological polar surface area (TPSA) is 507 Å². The van der Waals surface area contributed by atoms with Crippen LogP contribution in [-0.4, -0.2) is 225 Å². The molecule has 0 spiro atoms. The van der Waals surface area contributed by atoms with Gasteiger partial charge in [-0.05, 0) is 155 Å². The van der Waals surface area contributed by atoms with Gasteiger partial charge >= 0.3 is 40.7 Å². The highest BCUT2D eigenvalue weighted by Crippen LogP contribution is 2.49. The highest BCUT2D eigenvalue weighted by molar-refractivity contribution is 7.85. The average molecular weight is 1740 g/mol. The van der Waals surface area contributed by atoms with Crippen LogP contribution in [0.3, 0.4) is 0 Å². The van der Waals surface area contributed by atoms with Gasteiger partial charge in [-0.1, -0.05) is 106 Å². The molecule has 36 heteroatoms. The highest BCUT2D eigenvalue weighted by Gasteiger charge is 2.46. The van der Waals surface area contributed by atoms with Crippen LogP contribution in [0.1, 0.15) is 166 Å². The van der Waals surface area contributed by atoms with E-state index in [1.165, 1.54) is 12.1 Å². The summed E-state index contributed by atoms with van der Waals surface area (Å²) in [5, 5.41) is 60.6. The summed E-state index contributed by atoms with van der Waals surface area (Å²) in [6.45, 7) is 10.1. The van der Waals surface area contributed by atoms with Gasteiger partial charge in [0.2, 0.25) is 24.0 Å². The van der Waals surface area contributed by atoms with E-state index in [1.54, 1.807) is 35.2 Å². The van der Waals surface area contributed by atoms with Crippen LogP contribution in [0.15, 0.2) is 149 Å². The Kier molecular flexibility index (Phi) is 44.9. The zero-order valence-corrected chi connectivity index (χ0v) is 70.9. The number of unbranched alkanes of at least 4 members (excludes halogenated alkanes) is 5. The van der Waals surface area contributed by atoms with Crippen molar-refractivity contribution in [1.29, 1.82) is 0 Å². The highest BCUT2D eigenvalue weighted by atomic mass is 32.2. The molecular formula is C86H114N7O27S2+. The minimum Gasteiger partial charge on any atom is -0.481 e. The monoisotopic (exact) mass is 1740 g/mol. The molecule has 666 valence electrons. The summed E-state index contributed by atoms with van der Waals surface area (Å²) < 4.78 is 91.9. The molecule has 4 aromatic carbocycles. The van der Waals surface area contributed by atoms with Crippen molar-refractivity contribution in [2.45, 2.75) is 184 Å². The number of carbonyl (C=O) groups is 9. The maximum atomic E-state index is 14.4. The van der Waals surface area contributed by atoms with E-state index in [0.717, 1.165) is 52.9 Å². The number of fused-ring (bicyclic) bond motifs is 2. The number of hydrogen-bond donors (Lipinski definition) is 11. The molecule has 0 saturated carbocycles. The van der Waals surface area contributed by atoms with Gasteiger partial charge in [-0.2, -0.15) is 22.6 Å². The first-order valence-corrected chi connectivity index (χ1v) is 42.8. The van der Waals surface area contributed by atoms with Crippen LogP contribution in [-0.2, 0) is 111 Å². The number of benzene rings is 4.